The lowest BCUT2D eigenvalue weighted by molar-refractivity contribution is -0.129. The largest absolute Gasteiger partial charge is 0.411 e. The van der Waals surface area contributed by atoms with Crippen molar-refractivity contribution in [2.24, 2.45) is 33.6 Å². The minimum absolute atomic E-state index is 0.0202. The third-order valence-corrected chi connectivity index (χ3v) is 12.3. The van der Waals surface area contributed by atoms with Gasteiger partial charge in [-0.05, 0) is 85.5 Å². The maximum atomic E-state index is 13.3. The lowest BCUT2D eigenvalue weighted by Crippen LogP contribution is -2.55. The summed E-state index contributed by atoms with van der Waals surface area (Å²) in [5.74, 6) is -3.34. The molecule has 0 aromatic rings. The van der Waals surface area contributed by atoms with Crippen molar-refractivity contribution in [3.05, 3.63) is 0 Å². The first-order valence-electron chi connectivity index (χ1n) is 28.2. The van der Waals surface area contributed by atoms with Crippen LogP contribution in [0.1, 0.15) is 138 Å². The molecule has 0 aliphatic rings. The van der Waals surface area contributed by atoms with E-state index in [0.29, 0.717) is 64.6 Å². The van der Waals surface area contributed by atoms with E-state index in [1.165, 1.54) is 12.4 Å². The highest BCUT2D eigenvalue weighted by Gasteiger charge is 2.24. The topological polar surface area (TPSA) is 416 Å². The van der Waals surface area contributed by atoms with Crippen LogP contribution < -0.4 is 59.3 Å². The van der Waals surface area contributed by atoms with Gasteiger partial charge in [0, 0.05) is 83.3 Å². The number of unbranched alkanes of at least 4 members (excludes halogenated alkanes) is 3. The molecule has 466 valence electrons. The van der Waals surface area contributed by atoms with Crippen LogP contribution in [0.25, 0.3) is 0 Å². The molecule has 0 aromatic carbocycles. The van der Waals surface area contributed by atoms with E-state index in [1.54, 1.807) is 41.5 Å². The van der Waals surface area contributed by atoms with Gasteiger partial charge >= 0.3 is 0 Å². The van der Waals surface area contributed by atoms with Crippen molar-refractivity contribution in [3.63, 3.8) is 0 Å². The Kier molecular flexibility index (Phi) is 43.0. The van der Waals surface area contributed by atoms with Crippen molar-refractivity contribution in [2.45, 2.75) is 161 Å². The van der Waals surface area contributed by atoms with Gasteiger partial charge in [0.15, 0.2) is 0 Å². The van der Waals surface area contributed by atoms with Crippen LogP contribution in [-0.2, 0) is 62.1 Å². The molecule has 0 aromatic heterocycles. The van der Waals surface area contributed by atoms with Gasteiger partial charge in [0.2, 0.25) is 53.2 Å². The minimum Gasteiger partial charge on any atom is -0.411 e. The lowest BCUT2D eigenvalue weighted by atomic mass is 10.0. The van der Waals surface area contributed by atoms with Crippen LogP contribution in [0.4, 0.5) is 0 Å². The Morgan fingerprint density at radius 3 is 1.27 bits per heavy atom. The number of carbonyl (C=O) groups is 9. The lowest BCUT2D eigenvalue weighted by Gasteiger charge is -2.29. The Labute approximate surface area is 478 Å². The zero-order valence-corrected chi connectivity index (χ0v) is 48.9. The molecule has 0 spiro atoms. The summed E-state index contributed by atoms with van der Waals surface area (Å²) in [6.07, 6.45) is 8.74. The summed E-state index contributed by atoms with van der Waals surface area (Å²) in [6.45, 7) is 14.0. The number of oxime groups is 2. The molecule has 0 unspecified atom stereocenters. The van der Waals surface area contributed by atoms with Gasteiger partial charge in [-0.25, -0.2) is 0 Å². The maximum absolute atomic E-state index is 13.3. The molecular weight excluding hydrogens is 1060 g/mol. The molecule has 0 rings (SSSR count). The van der Waals surface area contributed by atoms with E-state index < -0.39 is 35.0 Å². The first kappa shape index (κ1) is 74.9. The van der Waals surface area contributed by atoms with Gasteiger partial charge < -0.3 is 88.7 Å². The SMILES string of the molecule is C[C@H](CCCCNC(=O)[C@H](CCCCNC(=O)CCCC(=O)NCCOCCOCC(=O)NCCOCCOCC(=O)NCCCC[C@H](C)C(N)=O)NC(=O)CCCC(=O)NC(CNC(C)(C)/C=N\O)CNC(C)(C)/C=N\O)C(N)=O. The summed E-state index contributed by atoms with van der Waals surface area (Å²) in [7, 11) is 0. The molecule has 0 radical (unpaired) electrons. The predicted molar refractivity (Wildman–Crippen MR) is 303 cm³/mol. The number of primary amides is 2. The molecule has 9 amide bonds. The number of hydrogen-bond acceptors (Lipinski definition) is 19. The van der Waals surface area contributed by atoms with E-state index in [1.807, 2.05) is 0 Å². The first-order chi connectivity index (χ1) is 38.5. The molecule has 0 heterocycles. The molecule has 0 aliphatic heterocycles. The monoisotopic (exact) mass is 1160 g/mol. The summed E-state index contributed by atoms with van der Waals surface area (Å²) < 4.78 is 21.4. The number of amides is 9. The van der Waals surface area contributed by atoms with Crippen LogP contribution in [0.5, 0.6) is 0 Å². The molecule has 3 atom stereocenters. The Bertz CT molecular complexity index is 1870. The van der Waals surface area contributed by atoms with Crippen molar-refractivity contribution in [1.29, 1.82) is 0 Å². The Hall–Kier alpha value is -6.07. The molecule has 28 nitrogen and oxygen atoms in total. The average Bonchev–Trinajstić information content (AvgIpc) is 3.40. The minimum atomic E-state index is -0.873. The van der Waals surface area contributed by atoms with Crippen LogP contribution in [0, 0.1) is 11.8 Å². The number of carbonyl (C=O) groups excluding carboxylic acids is 9. The second-order valence-corrected chi connectivity index (χ2v) is 20.9. The summed E-state index contributed by atoms with van der Waals surface area (Å²) in [5.41, 5.74) is 9.22. The average molecular weight is 1160 g/mol. The summed E-state index contributed by atoms with van der Waals surface area (Å²) in [4.78, 5) is 110. The van der Waals surface area contributed by atoms with Gasteiger partial charge in [0.1, 0.15) is 19.3 Å². The van der Waals surface area contributed by atoms with Gasteiger partial charge in [-0.2, -0.15) is 0 Å². The fourth-order valence-electron chi connectivity index (χ4n) is 7.25. The standard InChI is InChI=1S/C53H99N13O15/c1-39(49(54)73)15-7-10-23-57-47(71)35-80-31-30-79-28-26-59-48(72)36-81-32-29-78-27-25-58-44(68)19-13-18-43(67)56-22-12-9-17-42(51(75)60-24-11-8-16-40(2)50(55)74)66-46(70)21-14-20-45(69)65-41(33-61-52(3,4)37-63-76)34-62-53(5,6)38-64-77/h37-42,61-62,76-77H,7-36H2,1-6H3,(H2,54,73)(H2,55,74)(H,56,67)(H,57,71)(H,58,68)(H,59,72)(H,60,75)(H,65,69)(H,66,70)/b63-37-,64-38-/t39-,40+,42-/m0/s1. The number of nitrogens with one attached hydrogen (secondary N) is 9. The summed E-state index contributed by atoms with van der Waals surface area (Å²) in [5, 5.41) is 50.2. The zero-order chi connectivity index (χ0) is 60.7. The molecule has 0 aliphatic carbocycles. The Morgan fingerprint density at radius 2 is 0.827 bits per heavy atom. The third kappa shape index (κ3) is 45.3. The van der Waals surface area contributed by atoms with Crippen molar-refractivity contribution >= 4 is 65.6 Å². The van der Waals surface area contributed by atoms with Crippen molar-refractivity contribution < 1.29 is 72.5 Å². The maximum Gasteiger partial charge on any atom is 0.246 e. The van der Waals surface area contributed by atoms with E-state index in [9.17, 15) is 43.2 Å². The highest BCUT2D eigenvalue weighted by Crippen LogP contribution is 2.09. The zero-order valence-electron chi connectivity index (χ0n) is 48.9. The summed E-state index contributed by atoms with van der Waals surface area (Å²) in [6, 6.07) is -1.31. The first-order valence-corrected chi connectivity index (χ1v) is 28.2. The number of nitrogens with two attached hydrogens (primary N) is 2. The number of ether oxygens (including phenoxy) is 4. The van der Waals surface area contributed by atoms with Gasteiger partial charge in [-0.15, -0.1) is 10.3 Å². The van der Waals surface area contributed by atoms with Crippen molar-refractivity contribution in [3.8, 4) is 0 Å². The summed E-state index contributed by atoms with van der Waals surface area (Å²) >= 11 is 0. The second-order valence-electron chi connectivity index (χ2n) is 20.9. The van der Waals surface area contributed by atoms with Crippen LogP contribution in [0.3, 0.4) is 0 Å². The predicted octanol–water partition coefficient (Wildman–Crippen LogP) is -0.646. The van der Waals surface area contributed by atoms with Crippen LogP contribution in [-0.4, -0.2) is 198 Å². The fraction of sp³-hybridized carbons (Fsp3) is 0.792. The van der Waals surface area contributed by atoms with E-state index in [0.717, 1.165) is 12.8 Å². The van der Waals surface area contributed by atoms with Gasteiger partial charge in [0.25, 0.3) is 0 Å². The second kappa shape index (κ2) is 46.5. The Morgan fingerprint density at radius 1 is 0.457 bits per heavy atom. The normalized spacial score (nSPS) is 12.9. The van der Waals surface area contributed by atoms with Gasteiger partial charge in [-0.3, -0.25) is 43.2 Å². The van der Waals surface area contributed by atoms with E-state index in [4.69, 9.17) is 40.8 Å². The number of rotatable bonds is 52. The highest BCUT2D eigenvalue weighted by molar-refractivity contribution is 5.88. The number of hydrogen-bond donors (Lipinski definition) is 13. The quantitative estimate of drug-likeness (QED) is 0.0156. The van der Waals surface area contributed by atoms with Crippen molar-refractivity contribution in [2.75, 3.05) is 98.7 Å². The molecule has 15 N–H and O–H groups in total. The van der Waals surface area contributed by atoms with E-state index >= 15 is 0 Å². The molecule has 0 bridgehead atoms. The molecule has 28 heteroatoms. The Balaban J connectivity index is 4.49. The van der Waals surface area contributed by atoms with Crippen LogP contribution in [0.2, 0.25) is 0 Å². The molecule has 0 saturated carbocycles. The number of nitrogens with zero attached hydrogens (tertiary/aromatic N) is 2. The molecule has 0 saturated heterocycles. The van der Waals surface area contributed by atoms with E-state index in [-0.39, 0.29) is 171 Å². The van der Waals surface area contributed by atoms with Crippen molar-refractivity contribution in [1.82, 2.24) is 47.9 Å². The van der Waals surface area contributed by atoms with Gasteiger partial charge in [0.05, 0.1) is 69.2 Å². The van der Waals surface area contributed by atoms with Gasteiger partial charge in [-0.1, -0.05) is 26.7 Å². The fourth-order valence-corrected chi connectivity index (χ4v) is 7.25. The third-order valence-electron chi connectivity index (χ3n) is 12.3. The molecule has 81 heavy (non-hydrogen) atoms. The smallest absolute Gasteiger partial charge is 0.246 e. The van der Waals surface area contributed by atoms with Crippen LogP contribution >= 0.6 is 0 Å². The van der Waals surface area contributed by atoms with Crippen LogP contribution in [0.15, 0.2) is 10.3 Å². The highest BCUT2D eigenvalue weighted by atomic mass is 16.5. The molecule has 0 fully saturated rings. The van der Waals surface area contributed by atoms with E-state index in [2.05, 4.69) is 58.2 Å². The molecular formula is C53H99N13O15.